The van der Waals surface area contributed by atoms with Crippen molar-refractivity contribution in [1.29, 1.82) is 5.41 Å². The van der Waals surface area contributed by atoms with E-state index in [0.717, 1.165) is 19.3 Å². The minimum Gasteiger partial charge on any atom is -0.384 e. The number of hydrogen-bond donors (Lipinski definition) is 7. The molecule has 0 radical (unpaired) electrons. The van der Waals surface area contributed by atoms with Crippen molar-refractivity contribution >= 4 is 39.4 Å². The maximum atomic E-state index is 13.8. The summed E-state index contributed by atoms with van der Waals surface area (Å²) in [6, 6.07) is 11.2. The van der Waals surface area contributed by atoms with Gasteiger partial charge >= 0.3 is 6.03 Å². The van der Waals surface area contributed by atoms with Crippen LogP contribution in [0.1, 0.15) is 36.8 Å². The van der Waals surface area contributed by atoms with Gasteiger partial charge in [-0.15, -0.1) is 0 Å². The van der Waals surface area contributed by atoms with E-state index in [1.807, 2.05) is 0 Å². The van der Waals surface area contributed by atoms with Gasteiger partial charge in [-0.05, 0) is 61.4 Å². The smallest absolute Gasteiger partial charge is 0.314 e. The highest BCUT2D eigenvalue weighted by Gasteiger charge is 2.32. The molecule has 2 aromatic carbocycles. The van der Waals surface area contributed by atoms with Crippen molar-refractivity contribution in [3.63, 3.8) is 0 Å². The first-order valence-corrected chi connectivity index (χ1v) is 15.3. The number of carbonyl (C=O) groups excluding carboxylic acids is 3. The number of benzene rings is 2. The highest BCUT2D eigenvalue weighted by Crippen LogP contribution is 2.22. The van der Waals surface area contributed by atoms with Crippen LogP contribution in [0, 0.1) is 11.3 Å². The van der Waals surface area contributed by atoms with Crippen LogP contribution in [-0.2, 0) is 26.0 Å². The average molecular weight is 601 g/mol. The molecule has 0 bridgehead atoms. The molecular weight excluding hydrogens is 560 g/mol. The van der Waals surface area contributed by atoms with Gasteiger partial charge in [-0.3, -0.25) is 15.0 Å². The molecule has 4 amide bonds. The maximum Gasteiger partial charge on any atom is 0.314 e. The number of sulfonamides is 1. The van der Waals surface area contributed by atoms with Gasteiger partial charge in [-0.25, -0.2) is 13.2 Å². The van der Waals surface area contributed by atoms with E-state index >= 15 is 0 Å². The lowest BCUT2D eigenvalue weighted by molar-refractivity contribution is -0.134. The second-order valence-electron chi connectivity index (χ2n) is 10.2. The number of amides is 4. The van der Waals surface area contributed by atoms with Crippen LogP contribution in [-0.4, -0.2) is 76.3 Å². The normalized spacial score (nSPS) is 14.6. The fourth-order valence-corrected chi connectivity index (χ4v) is 6.01. The number of amidine groups is 1. The molecule has 13 nitrogen and oxygen atoms in total. The summed E-state index contributed by atoms with van der Waals surface area (Å²) < 4.78 is 29.6. The van der Waals surface area contributed by atoms with E-state index in [0.29, 0.717) is 42.4 Å². The molecule has 0 aliphatic carbocycles. The zero-order valence-corrected chi connectivity index (χ0v) is 24.5. The molecule has 1 aliphatic rings. The molecule has 1 heterocycles. The fraction of sp³-hybridized carbons (Fsp3) is 0.429. The number of anilines is 1. The molecule has 42 heavy (non-hydrogen) atoms. The Morgan fingerprint density at radius 1 is 1.10 bits per heavy atom. The molecule has 0 saturated carbocycles. The molecule has 0 aromatic heterocycles. The Labute approximate surface area is 246 Å². The van der Waals surface area contributed by atoms with Gasteiger partial charge in [0.1, 0.15) is 11.9 Å². The maximum absolute atomic E-state index is 13.8. The zero-order chi connectivity index (χ0) is 30.7. The molecular formula is C28H40N8O5S. The average Bonchev–Trinajstić information content (AvgIpc) is 2.97. The number of nitrogen functional groups attached to an aromatic ring is 1. The number of hydrogen-bond acceptors (Lipinski definition) is 7. The van der Waals surface area contributed by atoms with Gasteiger partial charge in [0.15, 0.2) is 0 Å². The number of piperidine rings is 1. The van der Waals surface area contributed by atoms with Gasteiger partial charge in [0.25, 0.3) is 0 Å². The summed E-state index contributed by atoms with van der Waals surface area (Å²) in [6.07, 6.45) is 2.37. The highest BCUT2D eigenvalue weighted by molar-refractivity contribution is 7.89. The van der Waals surface area contributed by atoms with Crippen molar-refractivity contribution in [3.8, 4) is 0 Å². The lowest BCUT2D eigenvalue weighted by Crippen LogP contribution is -2.51. The topological polar surface area (TPSA) is 213 Å². The van der Waals surface area contributed by atoms with Crippen molar-refractivity contribution in [1.82, 2.24) is 20.3 Å². The monoisotopic (exact) mass is 600 g/mol. The fourth-order valence-electron chi connectivity index (χ4n) is 4.77. The molecule has 3 rings (SSSR count). The summed E-state index contributed by atoms with van der Waals surface area (Å²) >= 11 is 0. The molecule has 0 spiro atoms. The number of nitrogens with zero attached hydrogens (tertiary/aromatic N) is 1. The molecule has 9 N–H and O–H groups in total. The Hall–Kier alpha value is -4.01. The van der Waals surface area contributed by atoms with E-state index in [1.54, 1.807) is 42.3 Å². The summed E-state index contributed by atoms with van der Waals surface area (Å²) in [6.45, 7) is 1.60. The van der Waals surface area contributed by atoms with Crippen molar-refractivity contribution in [3.05, 3.63) is 59.7 Å². The van der Waals surface area contributed by atoms with E-state index < -0.39 is 16.1 Å². The lowest BCUT2D eigenvalue weighted by atomic mass is 9.93. The van der Waals surface area contributed by atoms with Gasteiger partial charge < -0.3 is 32.3 Å². The van der Waals surface area contributed by atoms with Crippen molar-refractivity contribution in [2.24, 2.45) is 17.4 Å². The van der Waals surface area contributed by atoms with E-state index in [2.05, 4.69) is 20.7 Å². The Morgan fingerprint density at radius 2 is 1.81 bits per heavy atom. The Kier molecular flexibility index (Phi) is 11.8. The second-order valence-corrected chi connectivity index (χ2v) is 11.9. The van der Waals surface area contributed by atoms with Gasteiger partial charge in [0.05, 0.1) is 4.90 Å². The third kappa shape index (κ3) is 9.53. The van der Waals surface area contributed by atoms with Crippen molar-refractivity contribution in [2.45, 2.75) is 43.0 Å². The van der Waals surface area contributed by atoms with Crippen LogP contribution >= 0.6 is 0 Å². The molecule has 1 saturated heterocycles. The predicted molar refractivity (Wildman–Crippen MR) is 160 cm³/mol. The molecule has 1 aliphatic heterocycles. The largest absolute Gasteiger partial charge is 0.384 e. The van der Waals surface area contributed by atoms with E-state index in [-0.39, 0.29) is 48.0 Å². The van der Waals surface area contributed by atoms with Gasteiger partial charge in [-0.2, -0.15) is 4.72 Å². The molecule has 2 aromatic rings. The third-order valence-corrected chi connectivity index (χ3v) is 8.53. The minimum atomic E-state index is -4.18. The molecule has 1 atom stereocenters. The van der Waals surface area contributed by atoms with Gasteiger partial charge in [-0.1, -0.05) is 24.3 Å². The standard InChI is InChI=1S/C28H40N8O5S/c1-32-28(39)33-13-9-19-10-14-36(15-11-19)27(38)24(17-20-4-2-5-21(16-20)26(30)31)35-42(40,41)23-7-3-6-22(18-23)34-25(37)8-12-29/h2-7,16,18-19,24,35H,8-15,17,29H2,1H3,(H3,30,31)(H,34,37)(H2,32,33,39)/t24-/m0/s1. The van der Waals surface area contributed by atoms with E-state index in [1.165, 1.54) is 18.2 Å². The minimum absolute atomic E-state index is 0.0437. The Balaban J connectivity index is 1.78. The summed E-state index contributed by atoms with van der Waals surface area (Å²) in [5.41, 5.74) is 12.5. The second kappa shape index (κ2) is 15.3. The van der Waals surface area contributed by atoms with Crippen LogP contribution in [0.5, 0.6) is 0 Å². The first-order valence-electron chi connectivity index (χ1n) is 13.8. The molecule has 1 fully saturated rings. The molecule has 0 unspecified atom stereocenters. The van der Waals surface area contributed by atoms with Crippen LogP contribution < -0.4 is 32.1 Å². The van der Waals surface area contributed by atoms with Crippen LogP contribution in [0.4, 0.5) is 10.5 Å². The number of carbonyl (C=O) groups is 3. The summed E-state index contributed by atoms with van der Waals surface area (Å²) in [4.78, 5) is 38.7. The van der Waals surface area contributed by atoms with E-state index in [4.69, 9.17) is 16.9 Å². The number of likely N-dealkylation sites (tertiary alicyclic amines) is 1. The number of urea groups is 1. The van der Waals surface area contributed by atoms with E-state index in [9.17, 15) is 22.8 Å². The summed E-state index contributed by atoms with van der Waals surface area (Å²) in [5, 5.41) is 15.6. The Bertz CT molecular complexity index is 1380. The first-order chi connectivity index (χ1) is 20.0. The van der Waals surface area contributed by atoms with Crippen LogP contribution in [0.15, 0.2) is 53.4 Å². The van der Waals surface area contributed by atoms with Gasteiger partial charge in [0.2, 0.25) is 21.8 Å². The summed E-state index contributed by atoms with van der Waals surface area (Å²) in [5.74, 6) is -0.514. The van der Waals surface area contributed by atoms with Crippen molar-refractivity contribution in [2.75, 3.05) is 38.5 Å². The highest BCUT2D eigenvalue weighted by atomic mass is 32.2. The predicted octanol–water partition coefficient (Wildman–Crippen LogP) is 0.705. The molecule has 228 valence electrons. The molecule has 14 heteroatoms. The van der Waals surface area contributed by atoms with Crippen LogP contribution in [0.3, 0.4) is 0 Å². The Morgan fingerprint density at radius 3 is 2.48 bits per heavy atom. The first kappa shape index (κ1) is 32.5. The zero-order valence-electron chi connectivity index (χ0n) is 23.7. The van der Waals surface area contributed by atoms with Crippen LogP contribution in [0.25, 0.3) is 0 Å². The SMILES string of the molecule is CNC(=O)NCCC1CCN(C(=O)[C@H](Cc2cccc(C(=N)N)c2)NS(=O)(=O)c2cccc(NC(=O)CCN)c2)CC1. The lowest BCUT2D eigenvalue weighted by Gasteiger charge is -2.34. The van der Waals surface area contributed by atoms with Crippen molar-refractivity contribution < 1.29 is 22.8 Å². The number of nitrogens with one attached hydrogen (secondary N) is 5. The number of nitrogens with two attached hydrogens (primary N) is 2. The van der Waals surface area contributed by atoms with Crippen LogP contribution in [0.2, 0.25) is 0 Å². The third-order valence-electron chi connectivity index (χ3n) is 7.06. The number of rotatable bonds is 13. The van der Waals surface area contributed by atoms with Gasteiger partial charge in [0, 0.05) is 50.9 Å². The quantitative estimate of drug-likeness (QED) is 0.129. The summed E-state index contributed by atoms with van der Waals surface area (Å²) in [7, 11) is -2.63.